The summed E-state index contributed by atoms with van der Waals surface area (Å²) in [6.45, 7) is 9.79. The molecular weight excluding hydrogens is 544 g/mol. The van der Waals surface area contributed by atoms with E-state index in [9.17, 15) is 26.3 Å². The summed E-state index contributed by atoms with van der Waals surface area (Å²) in [7, 11) is 0. The molecule has 2 fully saturated rings. The Bertz CT molecular complexity index is 1050. The third-order valence-electron chi connectivity index (χ3n) is 6.01. The fourth-order valence-corrected chi connectivity index (χ4v) is 4.06. The van der Waals surface area contributed by atoms with Crippen LogP contribution in [0.15, 0.2) is 28.9 Å². The number of likely N-dealkylation sites (tertiary alicyclic amines) is 1. The van der Waals surface area contributed by atoms with Gasteiger partial charge in [-0.15, -0.1) is 0 Å². The van der Waals surface area contributed by atoms with E-state index in [2.05, 4.69) is 15.0 Å². The van der Waals surface area contributed by atoms with E-state index in [0.29, 0.717) is 19.1 Å². The van der Waals surface area contributed by atoms with Crippen molar-refractivity contribution in [1.29, 1.82) is 0 Å². The van der Waals surface area contributed by atoms with Crippen molar-refractivity contribution in [2.24, 2.45) is 11.3 Å². The molecule has 0 amide bonds. The first-order chi connectivity index (χ1) is 18.0. The average Bonchev–Trinajstić information content (AvgIpc) is 3.47. The molecule has 2 aliphatic rings. The van der Waals surface area contributed by atoms with E-state index in [1.54, 1.807) is 6.20 Å². The number of aromatic nitrogens is 2. The molecule has 10 nitrogen and oxygen atoms in total. The molecule has 16 heteroatoms. The molecule has 218 valence electrons. The van der Waals surface area contributed by atoms with Gasteiger partial charge in [0.2, 0.25) is 0 Å². The van der Waals surface area contributed by atoms with Gasteiger partial charge in [-0.1, -0.05) is 11.2 Å². The zero-order chi connectivity index (χ0) is 29.4. The number of alkyl halides is 6. The number of carboxylic acid groups (broad SMARTS) is 2. The number of hydrogen-bond donors (Lipinski definition) is 2. The molecule has 2 aromatic heterocycles. The SMILES string of the molecule is Cc1noc(C)c1CN1C[C@@H]2COC[C@]2(COCc2ccccn2)C1.O=C(O)C(F)(F)F.O=C(O)C(F)(F)F. The minimum absolute atomic E-state index is 0.0910. The summed E-state index contributed by atoms with van der Waals surface area (Å²) >= 11 is 0. The van der Waals surface area contributed by atoms with Crippen molar-refractivity contribution in [3.63, 3.8) is 0 Å². The lowest BCUT2D eigenvalue weighted by Crippen LogP contribution is -2.35. The van der Waals surface area contributed by atoms with Gasteiger partial charge in [0.15, 0.2) is 0 Å². The number of fused-ring (bicyclic) bond motifs is 1. The molecule has 0 saturated carbocycles. The zero-order valence-corrected chi connectivity index (χ0v) is 20.9. The number of pyridine rings is 1. The molecule has 2 aliphatic heterocycles. The van der Waals surface area contributed by atoms with Crippen molar-refractivity contribution < 1.29 is 60.1 Å². The fourth-order valence-electron chi connectivity index (χ4n) is 4.06. The number of hydrogen-bond acceptors (Lipinski definition) is 8. The standard InChI is InChI=1S/C19H25N3O3.2C2HF3O2/c1-14-18(15(2)25-21-14)8-22-7-16-9-23-12-19(16,11-22)13-24-10-17-5-3-4-6-20-17;2*3-2(4,5)1(6)7/h3-6,16H,7-13H2,1-2H3;2*(H,6,7)/t16-,19+;;/m1../s1. The molecule has 2 aromatic rings. The number of nitrogens with zero attached hydrogens (tertiary/aromatic N) is 3. The lowest BCUT2D eigenvalue weighted by Gasteiger charge is -2.27. The van der Waals surface area contributed by atoms with Crippen LogP contribution in [0.5, 0.6) is 0 Å². The summed E-state index contributed by atoms with van der Waals surface area (Å²) in [6.07, 6.45) is -8.36. The van der Waals surface area contributed by atoms with Crippen molar-refractivity contribution in [1.82, 2.24) is 15.0 Å². The lowest BCUT2D eigenvalue weighted by molar-refractivity contribution is -0.193. The summed E-state index contributed by atoms with van der Waals surface area (Å²) in [5.74, 6) is -4.07. The highest BCUT2D eigenvalue weighted by Crippen LogP contribution is 2.42. The Morgan fingerprint density at radius 2 is 1.74 bits per heavy atom. The van der Waals surface area contributed by atoms with E-state index in [4.69, 9.17) is 33.8 Å². The smallest absolute Gasteiger partial charge is 0.475 e. The first-order valence-electron chi connectivity index (χ1n) is 11.3. The minimum atomic E-state index is -5.08. The first kappa shape index (κ1) is 32.0. The number of aryl methyl sites for hydroxylation is 2. The second-order valence-corrected chi connectivity index (χ2v) is 8.97. The Kier molecular flexibility index (Phi) is 10.8. The maximum atomic E-state index is 10.6. The number of carboxylic acids is 2. The number of rotatable bonds is 6. The number of ether oxygens (including phenoxy) is 2. The van der Waals surface area contributed by atoms with Gasteiger partial charge >= 0.3 is 24.3 Å². The molecule has 0 aliphatic carbocycles. The predicted molar refractivity (Wildman–Crippen MR) is 119 cm³/mol. The summed E-state index contributed by atoms with van der Waals surface area (Å²) < 4.78 is 80.6. The van der Waals surface area contributed by atoms with Crippen LogP contribution in [-0.4, -0.2) is 82.5 Å². The largest absolute Gasteiger partial charge is 0.490 e. The Hall–Kier alpha value is -3.24. The van der Waals surface area contributed by atoms with Crippen LogP contribution in [-0.2, 0) is 32.2 Å². The molecule has 0 spiro atoms. The molecule has 2 N–H and O–H groups in total. The average molecular weight is 571 g/mol. The van der Waals surface area contributed by atoms with Crippen LogP contribution in [0.25, 0.3) is 0 Å². The van der Waals surface area contributed by atoms with Gasteiger partial charge in [-0.2, -0.15) is 26.3 Å². The van der Waals surface area contributed by atoms with Gasteiger partial charge in [-0.05, 0) is 26.0 Å². The highest BCUT2D eigenvalue weighted by molar-refractivity contribution is 5.73. The second kappa shape index (κ2) is 13.2. The van der Waals surface area contributed by atoms with Crippen molar-refractivity contribution in [2.75, 3.05) is 32.9 Å². The monoisotopic (exact) mass is 571 g/mol. The molecule has 39 heavy (non-hydrogen) atoms. The normalized spacial score (nSPS) is 20.9. The summed E-state index contributed by atoms with van der Waals surface area (Å²) in [5.41, 5.74) is 3.27. The van der Waals surface area contributed by atoms with E-state index >= 15 is 0 Å². The maximum absolute atomic E-state index is 10.6. The van der Waals surface area contributed by atoms with Gasteiger partial charge in [-0.3, -0.25) is 9.88 Å². The summed E-state index contributed by atoms with van der Waals surface area (Å²) in [6, 6.07) is 5.91. The maximum Gasteiger partial charge on any atom is 0.490 e. The lowest BCUT2D eigenvalue weighted by atomic mass is 9.82. The number of aliphatic carboxylic acids is 2. The molecule has 2 saturated heterocycles. The Morgan fingerprint density at radius 1 is 1.13 bits per heavy atom. The van der Waals surface area contributed by atoms with Crippen LogP contribution in [0.3, 0.4) is 0 Å². The van der Waals surface area contributed by atoms with Gasteiger partial charge in [-0.25, -0.2) is 9.59 Å². The Labute approximate surface area is 218 Å². The molecule has 4 heterocycles. The Morgan fingerprint density at radius 3 is 2.23 bits per heavy atom. The van der Waals surface area contributed by atoms with Crippen LogP contribution >= 0.6 is 0 Å². The molecule has 0 unspecified atom stereocenters. The van der Waals surface area contributed by atoms with E-state index in [0.717, 1.165) is 50.0 Å². The second-order valence-electron chi connectivity index (χ2n) is 8.97. The molecule has 2 atom stereocenters. The highest BCUT2D eigenvalue weighted by Gasteiger charge is 2.51. The molecular formula is C23H27F6N3O7. The number of carbonyl (C=O) groups is 2. The van der Waals surface area contributed by atoms with Crippen molar-refractivity contribution in [3.05, 3.63) is 47.1 Å². The quantitative estimate of drug-likeness (QED) is 0.495. The molecule has 0 bridgehead atoms. The fraction of sp³-hybridized carbons (Fsp3) is 0.565. The van der Waals surface area contributed by atoms with E-state index in [1.807, 2.05) is 32.0 Å². The van der Waals surface area contributed by atoms with Gasteiger partial charge in [0.1, 0.15) is 5.76 Å². The van der Waals surface area contributed by atoms with Crippen LogP contribution in [0.2, 0.25) is 0 Å². The van der Waals surface area contributed by atoms with Crippen LogP contribution in [0.1, 0.15) is 22.7 Å². The van der Waals surface area contributed by atoms with Crippen molar-refractivity contribution in [3.8, 4) is 0 Å². The molecule has 0 radical (unpaired) electrons. The van der Waals surface area contributed by atoms with Gasteiger partial charge in [0, 0.05) is 42.7 Å². The van der Waals surface area contributed by atoms with Crippen molar-refractivity contribution in [2.45, 2.75) is 39.4 Å². The minimum Gasteiger partial charge on any atom is -0.475 e. The zero-order valence-electron chi connectivity index (χ0n) is 20.9. The Balaban J connectivity index is 0.000000317. The summed E-state index contributed by atoms with van der Waals surface area (Å²) in [4.78, 5) is 24.6. The highest BCUT2D eigenvalue weighted by atomic mass is 19.4. The third kappa shape index (κ3) is 9.47. The topological polar surface area (TPSA) is 135 Å². The molecule has 4 rings (SSSR count). The van der Waals surface area contributed by atoms with E-state index < -0.39 is 24.3 Å². The van der Waals surface area contributed by atoms with Gasteiger partial charge in [0.25, 0.3) is 0 Å². The third-order valence-corrected chi connectivity index (χ3v) is 6.01. The number of halogens is 6. The van der Waals surface area contributed by atoms with Crippen LogP contribution < -0.4 is 0 Å². The van der Waals surface area contributed by atoms with E-state index in [-0.39, 0.29) is 5.41 Å². The van der Waals surface area contributed by atoms with Crippen LogP contribution in [0.4, 0.5) is 26.3 Å². The van der Waals surface area contributed by atoms with Crippen molar-refractivity contribution >= 4 is 11.9 Å². The first-order valence-corrected chi connectivity index (χ1v) is 11.3. The van der Waals surface area contributed by atoms with Crippen LogP contribution in [0, 0.1) is 25.2 Å². The predicted octanol–water partition coefficient (Wildman–Crippen LogP) is 3.62. The van der Waals surface area contributed by atoms with Gasteiger partial charge in [0.05, 0.1) is 37.8 Å². The van der Waals surface area contributed by atoms with E-state index in [1.165, 1.54) is 5.56 Å². The summed E-state index contributed by atoms with van der Waals surface area (Å²) in [5, 5.41) is 18.3. The van der Waals surface area contributed by atoms with Gasteiger partial charge < -0.3 is 24.2 Å². The molecule has 0 aromatic carbocycles.